The lowest BCUT2D eigenvalue weighted by Crippen LogP contribution is -2.61. The number of pyridine rings is 1. The van der Waals surface area contributed by atoms with E-state index in [1.807, 2.05) is 24.3 Å². The molecule has 1 saturated heterocycles. The van der Waals surface area contributed by atoms with Crippen LogP contribution in [0.3, 0.4) is 0 Å². The van der Waals surface area contributed by atoms with Gasteiger partial charge in [-0.25, -0.2) is 14.1 Å². The molecule has 1 saturated carbocycles. The second-order valence-electron chi connectivity index (χ2n) is 8.11. The Morgan fingerprint density at radius 1 is 1.13 bits per heavy atom. The van der Waals surface area contributed by atoms with Crippen LogP contribution in [0.5, 0.6) is 5.75 Å². The van der Waals surface area contributed by atoms with Gasteiger partial charge in [0.15, 0.2) is 0 Å². The summed E-state index contributed by atoms with van der Waals surface area (Å²) in [6.07, 6.45) is 5.00. The zero-order valence-electron chi connectivity index (χ0n) is 17.0. The van der Waals surface area contributed by atoms with Crippen molar-refractivity contribution in [3.05, 3.63) is 66.2 Å². The summed E-state index contributed by atoms with van der Waals surface area (Å²) in [5.74, 6) is -0.355. The fraction of sp³-hybridized carbons (Fsp3) is 0.292. The van der Waals surface area contributed by atoms with Gasteiger partial charge in [0, 0.05) is 23.0 Å². The zero-order valence-corrected chi connectivity index (χ0v) is 17.0. The molecule has 2 aliphatic rings. The van der Waals surface area contributed by atoms with Gasteiger partial charge in [0.1, 0.15) is 11.6 Å². The molecule has 1 aliphatic carbocycles. The van der Waals surface area contributed by atoms with E-state index in [-0.39, 0.29) is 29.6 Å². The van der Waals surface area contributed by atoms with Gasteiger partial charge in [-0.3, -0.25) is 9.78 Å². The summed E-state index contributed by atoms with van der Waals surface area (Å²) in [6, 6.07) is 11.4. The lowest BCUT2D eigenvalue weighted by molar-refractivity contribution is -0.124. The summed E-state index contributed by atoms with van der Waals surface area (Å²) in [5, 5.41) is 4.65. The number of hydrogen-bond donors (Lipinski definition) is 1. The Hall–Kier alpha value is -3.48. The average Bonchev–Trinajstić information content (AvgIpc) is 2.79. The number of urea groups is 1. The first kappa shape index (κ1) is 19.5. The fourth-order valence-electron chi connectivity index (χ4n) is 4.87. The smallest absolute Gasteiger partial charge is 0.329 e. The second-order valence-corrected chi connectivity index (χ2v) is 8.11. The number of methoxy groups -OCH3 is 1. The minimum atomic E-state index is -0.462. The van der Waals surface area contributed by atoms with E-state index in [2.05, 4.69) is 10.3 Å². The molecule has 0 bridgehead atoms. The number of halogens is 1. The van der Waals surface area contributed by atoms with Crippen LogP contribution in [0.4, 0.5) is 14.9 Å². The van der Waals surface area contributed by atoms with Crippen molar-refractivity contribution < 1.29 is 18.7 Å². The third-order valence-corrected chi connectivity index (χ3v) is 6.43. The molecule has 6 nitrogen and oxygen atoms in total. The predicted molar refractivity (Wildman–Crippen MR) is 115 cm³/mol. The number of fused-ring (bicyclic) bond motifs is 2. The van der Waals surface area contributed by atoms with Crippen molar-refractivity contribution in [2.45, 2.75) is 31.2 Å². The van der Waals surface area contributed by atoms with E-state index < -0.39 is 6.03 Å². The van der Waals surface area contributed by atoms with Crippen LogP contribution >= 0.6 is 0 Å². The standard InChI is InChI=1S/C24H22FN3O3/c1-31-16-7-9-20(25)19(11-16)14-6-8-18-21(10-14)27-24(30)28(23(18)29)22-13-26-12-15-4-2-3-5-17(15)22/h2-5,7,9,11-14,18,21H,6,8,10H2,1H3,(H,27,30). The molecule has 0 spiro atoms. The number of carbonyl (C=O) groups is 2. The molecule has 5 rings (SSSR count). The number of ether oxygens (including phenoxy) is 1. The summed E-state index contributed by atoms with van der Waals surface area (Å²) in [5.41, 5.74) is 1.06. The molecule has 1 aliphatic heterocycles. The Bertz CT molecular complexity index is 1180. The van der Waals surface area contributed by atoms with Gasteiger partial charge in [0.05, 0.1) is 24.9 Å². The Morgan fingerprint density at radius 3 is 2.81 bits per heavy atom. The summed E-state index contributed by atoms with van der Waals surface area (Å²) >= 11 is 0. The second kappa shape index (κ2) is 7.65. The van der Waals surface area contributed by atoms with Crippen LogP contribution in [0.15, 0.2) is 54.9 Å². The highest BCUT2D eigenvalue weighted by molar-refractivity contribution is 6.20. The first-order valence-corrected chi connectivity index (χ1v) is 10.4. The first-order chi connectivity index (χ1) is 15.1. The first-order valence-electron chi connectivity index (χ1n) is 10.4. The molecule has 31 heavy (non-hydrogen) atoms. The molecule has 1 N–H and O–H groups in total. The van der Waals surface area contributed by atoms with Crippen LogP contribution in [0.2, 0.25) is 0 Å². The third-order valence-electron chi connectivity index (χ3n) is 6.43. The number of nitrogens with zero attached hydrogens (tertiary/aromatic N) is 2. The lowest BCUT2D eigenvalue weighted by atomic mass is 9.74. The average molecular weight is 419 g/mol. The van der Waals surface area contributed by atoms with E-state index in [0.29, 0.717) is 36.3 Å². The highest BCUT2D eigenvalue weighted by atomic mass is 19.1. The van der Waals surface area contributed by atoms with Gasteiger partial charge in [-0.1, -0.05) is 24.3 Å². The van der Waals surface area contributed by atoms with Crippen molar-refractivity contribution in [2.75, 3.05) is 12.0 Å². The molecular weight excluding hydrogens is 397 g/mol. The molecule has 3 atom stereocenters. The Morgan fingerprint density at radius 2 is 1.97 bits per heavy atom. The highest BCUT2D eigenvalue weighted by Gasteiger charge is 2.45. The summed E-state index contributed by atoms with van der Waals surface area (Å²) in [6.45, 7) is 0. The largest absolute Gasteiger partial charge is 0.497 e. The number of carbonyl (C=O) groups excluding carboxylic acids is 2. The van der Waals surface area contributed by atoms with E-state index in [0.717, 1.165) is 10.8 Å². The van der Waals surface area contributed by atoms with Gasteiger partial charge >= 0.3 is 6.03 Å². The van der Waals surface area contributed by atoms with E-state index >= 15 is 0 Å². The van der Waals surface area contributed by atoms with Crippen LogP contribution < -0.4 is 15.0 Å². The number of nitrogens with one attached hydrogen (secondary N) is 1. The summed E-state index contributed by atoms with van der Waals surface area (Å²) in [4.78, 5) is 31.8. The van der Waals surface area contributed by atoms with Gasteiger partial charge in [0.25, 0.3) is 0 Å². The molecule has 158 valence electrons. The van der Waals surface area contributed by atoms with E-state index in [4.69, 9.17) is 4.74 Å². The SMILES string of the molecule is COc1ccc(F)c(C2CCC3C(=O)N(c4cncc5ccccc45)C(=O)NC3C2)c1. The molecule has 3 unspecified atom stereocenters. The van der Waals surface area contributed by atoms with Crippen LogP contribution in [0, 0.1) is 11.7 Å². The molecule has 2 aromatic carbocycles. The third kappa shape index (κ3) is 3.30. The van der Waals surface area contributed by atoms with Crippen LogP contribution in [0.1, 0.15) is 30.7 Å². The van der Waals surface area contributed by atoms with E-state index in [1.54, 1.807) is 31.6 Å². The molecule has 1 aromatic heterocycles. The molecular formula is C24H22FN3O3. The summed E-state index contributed by atoms with van der Waals surface area (Å²) in [7, 11) is 1.55. The van der Waals surface area contributed by atoms with E-state index in [1.165, 1.54) is 11.0 Å². The van der Waals surface area contributed by atoms with Gasteiger partial charge < -0.3 is 10.1 Å². The van der Waals surface area contributed by atoms with Gasteiger partial charge in [-0.2, -0.15) is 0 Å². The predicted octanol–water partition coefficient (Wildman–Crippen LogP) is 4.39. The van der Waals surface area contributed by atoms with Crippen LogP contribution in [-0.2, 0) is 4.79 Å². The van der Waals surface area contributed by atoms with Crippen molar-refractivity contribution in [2.24, 2.45) is 5.92 Å². The minimum absolute atomic E-state index is 0.0878. The lowest BCUT2D eigenvalue weighted by Gasteiger charge is -2.42. The van der Waals surface area contributed by atoms with Crippen LogP contribution in [0.25, 0.3) is 10.8 Å². The Labute approximate surface area is 179 Å². The number of amides is 3. The van der Waals surface area contributed by atoms with Crippen molar-refractivity contribution >= 4 is 28.4 Å². The Balaban J connectivity index is 1.43. The number of imide groups is 1. The molecule has 3 aromatic rings. The molecule has 2 heterocycles. The van der Waals surface area contributed by atoms with Crippen molar-refractivity contribution in [1.82, 2.24) is 10.3 Å². The quantitative estimate of drug-likeness (QED) is 0.684. The number of aromatic nitrogens is 1. The zero-order chi connectivity index (χ0) is 21.5. The number of rotatable bonds is 3. The number of benzene rings is 2. The molecule has 7 heteroatoms. The number of anilines is 1. The molecule has 0 radical (unpaired) electrons. The van der Waals surface area contributed by atoms with Crippen molar-refractivity contribution in [1.29, 1.82) is 0 Å². The summed E-state index contributed by atoms with van der Waals surface area (Å²) < 4.78 is 19.7. The number of hydrogen-bond acceptors (Lipinski definition) is 4. The topological polar surface area (TPSA) is 71.5 Å². The fourth-order valence-corrected chi connectivity index (χ4v) is 4.87. The van der Waals surface area contributed by atoms with Crippen molar-refractivity contribution in [3.63, 3.8) is 0 Å². The van der Waals surface area contributed by atoms with Crippen LogP contribution in [-0.4, -0.2) is 30.1 Å². The maximum absolute atomic E-state index is 14.5. The molecule has 2 fully saturated rings. The maximum Gasteiger partial charge on any atom is 0.329 e. The van der Waals surface area contributed by atoms with Gasteiger partial charge in [0.2, 0.25) is 5.91 Å². The normalized spacial score (nSPS) is 23.4. The monoisotopic (exact) mass is 419 g/mol. The molecule has 3 amide bonds. The van der Waals surface area contributed by atoms with E-state index in [9.17, 15) is 14.0 Å². The minimum Gasteiger partial charge on any atom is -0.497 e. The highest BCUT2D eigenvalue weighted by Crippen LogP contribution is 2.41. The maximum atomic E-state index is 14.5. The Kier molecular flexibility index (Phi) is 4.81. The van der Waals surface area contributed by atoms with Crippen molar-refractivity contribution in [3.8, 4) is 5.75 Å². The van der Waals surface area contributed by atoms with Gasteiger partial charge in [-0.05, 0) is 48.9 Å². The van der Waals surface area contributed by atoms with Gasteiger partial charge in [-0.15, -0.1) is 0 Å².